The van der Waals surface area contributed by atoms with Crippen molar-refractivity contribution in [2.24, 2.45) is 34.8 Å². The zero-order valence-corrected chi connectivity index (χ0v) is 25.4. The van der Waals surface area contributed by atoms with Crippen molar-refractivity contribution in [3.63, 3.8) is 0 Å². The number of aliphatic hydroxyl groups excluding tert-OH is 1. The van der Waals surface area contributed by atoms with E-state index >= 15 is 0 Å². The van der Waals surface area contributed by atoms with Crippen LogP contribution in [0.2, 0.25) is 0 Å². The van der Waals surface area contributed by atoms with Gasteiger partial charge in [-0.05, 0) is 78.9 Å². The average Bonchev–Trinajstić information content (AvgIpc) is 3.12. The SMILES string of the molecule is C=C(CC[C@@H](C)CC1CC=C2C3=C([C@@H](O)C[C@@]21OC(C)=O)[C@@](C)(CCC)C(C(N)OS(=O)(=O)O)CC3)C(C)C. The maximum absolute atomic E-state index is 12.5. The van der Waals surface area contributed by atoms with Crippen LogP contribution in [0.4, 0.5) is 0 Å². The largest absolute Gasteiger partial charge is 0.454 e. The van der Waals surface area contributed by atoms with Crippen molar-refractivity contribution in [2.75, 3.05) is 0 Å². The number of esters is 1. The lowest BCUT2D eigenvalue weighted by Gasteiger charge is -2.53. The molecule has 0 aromatic rings. The first-order valence-corrected chi connectivity index (χ1v) is 15.8. The smallest absolute Gasteiger partial charge is 0.398 e. The Morgan fingerprint density at radius 1 is 1.31 bits per heavy atom. The normalized spacial score (nSPS) is 32.4. The van der Waals surface area contributed by atoms with Crippen molar-refractivity contribution < 1.29 is 31.8 Å². The summed E-state index contributed by atoms with van der Waals surface area (Å²) in [5.74, 6) is 0.115. The maximum Gasteiger partial charge on any atom is 0.398 e. The molecule has 0 saturated carbocycles. The first-order chi connectivity index (χ1) is 18.1. The predicted molar refractivity (Wildman–Crippen MR) is 152 cm³/mol. The molecule has 0 amide bonds. The molecule has 39 heavy (non-hydrogen) atoms. The first kappa shape index (κ1) is 32.0. The lowest BCUT2D eigenvalue weighted by molar-refractivity contribution is -0.162. The van der Waals surface area contributed by atoms with E-state index in [4.69, 9.17) is 14.7 Å². The molecule has 9 heteroatoms. The number of aliphatic hydroxyl groups is 1. The molecule has 0 bridgehead atoms. The summed E-state index contributed by atoms with van der Waals surface area (Å²) in [6, 6.07) is 0. The van der Waals surface area contributed by atoms with Gasteiger partial charge in [-0.2, -0.15) is 8.42 Å². The number of fused-ring (bicyclic) bond motifs is 2. The third-order valence-corrected chi connectivity index (χ3v) is 9.99. The summed E-state index contributed by atoms with van der Waals surface area (Å²) in [7, 11) is -4.73. The topological polar surface area (TPSA) is 136 Å². The third-order valence-electron chi connectivity index (χ3n) is 9.53. The van der Waals surface area contributed by atoms with Crippen molar-refractivity contribution in [3.8, 4) is 0 Å². The maximum atomic E-state index is 12.5. The second-order valence-electron chi connectivity index (χ2n) is 12.6. The van der Waals surface area contributed by atoms with Crippen LogP contribution in [0.3, 0.4) is 0 Å². The van der Waals surface area contributed by atoms with Crippen LogP contribution in [0.25, 0.3) is 0 Å². The summed E-state index contributed by atoms with van der Waals surface area (Å²) in [4.78, 5) is 12.5. The number of carbonyl (C=O) groups excluding carboxylic acids is 1. The summed E-state index contributed by atoms with van der Waals surface area (Å²) in [6.45, 7) is 16.2. The molecule has 7 atom stereocenters. The lowest BCUT2D eigenvalue weighted by Crippen LogP contribution is -2.54. The molecule has 0 spiro atoms. The molecule has 0 heterocycles. The first-order valence-electron chi connectivity index (χ1n) is 14.5. The van der Waals surface area contributed by atoms with Gasteiger partial charge in [-0.25, -0.2) is 4.18 Å². The van der Waals surface area contributed by atoms with Crippen molar-refractivity contribution in [1.29, 1.82) is 0 Å². The third kappa shape index (κ3) is 6.70. The van der Waals surface area contributed by atoms with E-state index in [1.165, 1.54) is 12.5 Å². The van der Waals surface area contributed by atoms with Crippen LogP contribution in [-0.4, -0.2) is 42.0 Å². The number of nitrogens with two attached hydrogens (primary N) is 1. The Morgan fingerprint density at radius 2 is 1.97 bits per heavy atom. The summed E-state index contributed by atoms with van der Waals surface area (Å²) < 4.78 is 43.2. The second kappa shape index (κ2) is 12.1. The molecule has 0 radical (unpaired) electrons. The van der Waals surface area contributed by atoms with Crippen LogP contribution in [0, 0.1) is 29.1 Å². The van der Waals surface area contributed by atoms with Crippen LogP contribution in [-0.2, 0) is 24.1 Å². The van der Waals surface area contributed by atoms with Crippen LogP contribution >= 0.6 is 0 Å². The molecule has 3 rings (SSSR count). The molecular formula is C30H49NO7S. The summed E-state index contributed by atoms with van der Waals surface area (Å²) >= 11 is 0. The highest BCUT2D eigenvalue weighted by Gasteiger charge is 2.58. The number of ether oxygens (including phenoxy) is 1. The van der Waals surface area contributed by atoms with Gasteiger partial charge in [0.1, 0.15) is 11.8 Å². The van der Waals surface area contributed by atoms with Gasteiger partial charge in [-0.3, -0.25) is 9.35 Å². The minimum Gasteiger partial charge on any atom is -0.454 e. The standard InChI is InChI=1S/C30H49NO7S/c1-8-15-29(7)25(28(31)38-39(34,35)36)14-12-23-24-13-11-22(16-19(4)9-10-20(5)18(2)3)30(24,37-21(6)32)17-26(33)27(23)29/h13,18-19,22,25-26,28,33H,5,8-12,14-17,31H2,1-4,6-7H3,(H,34,35,36)/t19-,22?,25?,26+,28?,29+,30+/m1/s1. The fraction of sp³-hybridized carbons (Fsp3) is 0.767. The molecule has 0 fully saturated rings. The van der Waals surface area contributed by atoms with E-state index in [0.29, 0.717) is 31.1 Å². The van der Waals surface area contributed by atoms with Crippen molar-refractivity contribution in [3.05, 3.63) is 34.9 Å². The number of hydrogen-bond acceptors (Lipinski definition) is 7. The molecule has 0 aromatic heterocycles. The molecular weight excluding hydrogens is 518 g/mol. The van der Waals surface area contributed by atoms with Gasteiger partial charge >= 0.3 is 16.4 Å². The van der Waals surface area contributed by atoms with Crippen LogP contribution in [0.1, 0.15) is 99.3 Å². The fourth-order valence-corrected chi connectivity index (χ4v) is 8.08. The minimum atomic E-state index is -4.73. The summed E-state index contributed by atoms with van der Waals surface area (Å²) in [5, 5.41) is 11.8. The van der Waals surface area contributed by atoms with E-state index in [9.17, 15) is 22.9 Å². The quantitative estimate of drug-likeness (QED) is 0.119. The molecule has 3 unspecified atom stereocenters. The molecule has 0 aromatic carbocycles. The lowest BCUT2D eigenvalue weighted by atomic mass is 9.55. The predicted octanol–water partition coefficient (Wildman–Crippen LogP) is 5.64. The van der Waals surface area contributed by atoms with E-state index in [1.54, 1.807) is 0 Å². The minimum absolute atomic E-state index is 0.0580. The van der Waals surface area contributed by atoms with E-state index in [2.05, 4.69) is 33.4 Å². The highest BCUT2D eigenvalue weighted by Crippen LogP contribution is 2.60. The summed E-state index contributed by atoms with van der Waals surface area (Å²) in [5.41, 5.74) is 8.73. The fourth-order valence-electron chi connectivity index (χ4n) is 7.67. The van der Waals surface area contributed by atoms with Crippen LogP contribution < -0.4 is 5.73 Å². The van der Waals surface area contributed by atoms with E-state index in [1.807, 2.05) is 13.8 Å². The zero-order valence-electron chi connectivity index (χ0n) is 24.5. The molecule has 222 valence electrons. The van der Waals surface area contributed by atoms with Gasteiger partial charge in [-0.1, -0.05) is 59.3 Å². The highest BCUT2D eigenvalue weighted by atomic mass is 32.3. The molecule has 4 N–H and O–H groups in total. The Hall–Kier alpha value is -1.52. The Balaban J connectivity index is 1.98. The van der Waals surface area contributed by atoms with Gasteiger partial charge in [0.25, 0.3) is 0 Å². The Bertz CT molecular complexity index is 1110. The van der Waals surface area contributed by atoms with E-state index < -0.39 is 39.7 Å². The molecule has 3 aliphatic rings. The second-order valence-corrected chi connectivity index (χ2v) is 13.7. The number of carbonyl (C=O) groups is 1. The van der Waals surface area contributed by atoms with Crippen LogP contribution in [0.15, 0.2) is 34.9 Å². The van der Waals surface area contributed by atoms with Crippen molar-refractivity contribution in [1.82, 2.24) is 0 Å². The Kier molecular flexibility index (Phi) is 9.97. The molecule has 0 aliphatic heterocycles. The van der Waals surface area contributed by atoms with Gasteiger partial charge in [0.05, 0.1) is 6.10 Å². The van der Waals surface area contributed by atoms with E-state index in [0.717, 1.165) is 48.8 Å². The van der Waals surface area contributed by atoms with Crippen molar-refractivity contribution in [2.45, 2.75) is 117 Å². The number of rotatable bonds is 12. The highest BCUT2D eigenvalue weighted by molar-refractivity contribution is 7.80. The van der Waals surface area contributed by atoms with Gasteiger partial charge < -0.3 is 15.6 Å². The molecule has 8 nitrogen and oxygen atoms in total. The van der Waals surface area contributed by atoms with Gasteiger partial charge in [0, 0.05) is 25.2 Å². The Morgan fingerprint density at radius 3 is 2.54 bits per heavy atom. The molecule has 3 aliphatic carbocycles. The van der Waals surface area contributed by atoms with Gasteiger partial charge in [-0.15, -0.1) is 0 Å². The van der Waals surface area contributed by atoms with Gasteiger partial charge in [0.15, 0.2) is 0 Å². The Labute approximate surface area is 235 Å². The monoisotopic (exact) mass is 567 g/mol. The van der Waals surface area contributed by atoms with E-state index in [-0.39, 0.29) is 18.3 Å². The number of allylic oxidation sites excluding steroid dienone is 2. The van der Waals surface area contributed by atoms with Gasteiger partial charge in [0.2, 0.25) is 0 Å². The molecule has 0 saturated heterocycles. The zero-order chi connectivity index (χ0) is 29.3. The van der Waals surface area contributed by atoms with Crippen LogP contribution in [0.5, 0.6) is 0 Å². The average molecular weight is 568 g/mol. The number of hydrogen-bond donors (Lipinski definition) is 3. The summed E-state index contributed by atoms with van der Waals surface area (Å²) in [6.07, 6.45) is 6.43. The van der Waals surface area contributed by atoms with Crippen molar-refractivity contribution >= 4 is 16.4 Å².